The number of nitrogens with zero attached hydrogens (tertiary/aromatic N) is 2. The molecule has 34 heavy (non-hydrogen) atoms. The number of phenolic OH excluding ortho intramolecular Hbond substituents is 1. The van der Waals surface area contributed by atoms with E-state index in [0.29, 0.717) is 28.9 Å². The number of amides is 3. The van der Waals surface area contributed by atoms with Crippen molar-refractivity contribution in [3.63, 3.8) is 0 Å². The maximum absolute atomic E-state index is 13.2. The van der Waals surface area contributed by atoms with E-state index in [0.717, 1.165) is 11.1 Å². The standard InChI is InChI=1S/C26H24N4O4/c1-30-21-8-3-2-7-20(21)23(17-10-12-18(13-11-17)24(27)33)29-25(26(30)34)28-22(32)14-9-16-5-4-6-19(31)15-16/h2-8,10-13,15,25,31H,9,14H2,1H3,(H2,27,33)(H,28,32). The van der Waals surface area contributed by atoms with Crippen LogP contribution >= 0.6 is 0 Å². The molecule has 1 unspecified atom stereocenters. The number of fused-ring (bicyclic) bond motifs is 1. The van der Waals surface area contributed by atoms with Gasteiger partial charge >= 0.3 is 0 Å². The Morgan fingerprint density at radius 3 is 2.50 bits per heavy atom. The molecule has 0 aromatic heterocycles. The lowest BCUT2D eigenvalue weighted by Gasteiger charge is -2.20. The topological polar surface area (TPSA) is 125 Å². The number of carbonyl (C=O) groups excluding carboxylic acids is 3. The predicted octanol–water partition coefficient (Wildman–Crippen LogP) is 2.38. The molecule has 4 N–H and O–H groups in total. The first-order chi connectivity index (χ1) is 16.3. The molecule has 3 aromatic rings. The molecule has 0 radical (unpaired) electrons. The van der Waals surface area contributed by atoms with E-state index in [1.54, 1.807) is 49.5 Å². The lowest BCUT2D eigenvalue weighted by molar-refractivity contribution is -0.127. The Hall–Kier alpha value is -4.46. The van der Waals surface area contributed by atoms with Crippen LogP contribution in [0.3, 0.4) is 0 Å². The highest BCUT2D eigenvalue weighted by molar-refractivity contribution is 6.20. The highest BCUT2D eigenvalue weighted by atomic mass is 16.3. The summed E-state index contributed by atoms with van der Waals surface area (Å²) < 4.78 is 0. The van der Waals surface area contributed by atoms with Crippen molar-refractivity contribution in [2.45, 2.75) is 19.0 Å². The fraction of sp³-hybridized carbons (Fsp3) is 0.154. The number of nitrogens with two attached hydrogens (primary N) is 1. The zero-order valence-electron chi connectivity index (χ0n) is 18.6. The van der Waals surface area contributed by atoms with Crippen molar-refractivity contribution in [2.24, 2.45) is 10.7 Å². The van der Waals surface area contributed by atoms with Crippen LogP contribution in [-0.2, 0) is 16.0 Å². The number of hydrogen-bond acceptors (Lipinski definition) is 5. The highest BCUT2D eigenvalue weighted by Gasteiger charge is 2.30. The molecule has 4 rings (SSSR count). The second-order valence-corrected chi connectivity index (χ2v) is 7.97. The third-order valence-corrected chi connectivity index (χ3v) is 5.64. The molecule has 0 saturated heterocycles. The second-order valence-electron chi connectivity index (χ2n) is 7.97. The third-order valence-electron chi connectivity index (χ3n) is 5.64. The number of aryl methyl sites for hydroxylation is 1. The average Bonchev–Trinajstić information content (AvgIpc) is 2.94. The van der Waals surface area contributed by atoms with E-state index < -0.39 is 12.1 Å². The molecule has 1 atom stereocenters. The summed E-state index contributed by atoms with van der Waals surface area (Å²) in [5, 5.41) is 12.3. The number of phenols is 1. The number of nitrogens with one attached hydrogen (secondary N) is 1. The van der Waals surface area contributed by atoms with Gasteiger partial charge in [-0.15, -0.1) is 0 Å². The van der Waals surface area contributed by atoms with Crippen molar-refractivity contribution in [2.75, 3.05) is 11.9 Å². The summed E-state index contributed by atoms with van der Waals surface area (Å²) in [4.78, 5) is 43.5. The minimum absolute atomic E-state index is 0.127. The van der Waals surface area contributed by atoms with E-state index in [9.17, 15) is 19.5 Å². The van der Waals surface area contributed by atoms with Gasteiger partial charge in [-0.3, -0.25) is 14.4 Å². The van der Waals surface area contributed by atoms with E-state index >= 15 is 0 Å². The van der Waals surface area contributed by atoms with Gasteiger partial charge in [-0.05, 0) is 42.3 Å². The summed E-state index contributed by atoms with van der Waals surface area (Å²) in [6.07, 6.45) is -0.593. The number of rotatable bonds is 6. The molecule has 1 heterocycles. The van der Waals surface area contributed by atoms with Crippen LogP contribution in [0.1, 0.15) is 33.5 Å². The number of likely N-dealkylation sites (N-methyl/N-ethyl adjacent to an activating group) is 1. The van der Waals surface area contributed by atoms with E-state index in [1.807, 2.05) is 30.3 Å². The zero-order valence-corrected chi connectivity index (χ0v) is 18.6. The molecular formula is C26H24N4O4. The molecule has 8 nitrogen and oxygen atoms in total. The highest BCUT2D eigenvalue weighted by Crippen LogP contribution is 2.27. The Morgan fingerprint density at radius 1 is 1.06 bits per heavy atom. The fourth-order valence-corrected chi connectivity index (χ4v) is 3.83. The Bertz CT molecular complexity index is 1280. The van der Waals surface area contributed by atoms with Crippen molar-refractivity contribution >= 4 is 29.1 Å². The Morgan fingerprint density at radius 2 is 1.79 bits per heavy atom. The van der Waals surface area contributed by atoms with Crippen molar-refractivity contribution in [3.8, 4) is 5.75 Å². The number of primary amides is 1. The summed E-state index contributed by atoms with van der Waals surface area (Å²) >= 11 is 0. The molecule has 0 aliphatic carbocycles. The molecular weight excluding hydrogens is 432 g/mol. The maximum Gasteiger partial charge on any atom is 0.272 e. The van der Waals surface area contributed by atoms with Crippen molar-refractivity contribution in [1.29, 1.82) is 0 Å². The monoisotopic (exact) mass is 456 g/mol. The van der Waals surface area contributed by atoms with Crippen LogP contribution in [0.25, 0.3) is 0 Å². The Balaban J connectivity index is 1.63. The van der Waals surface area contributed by atoms with Gasteiger partial charge in [-0.1, -0.05) is 42.5 Å². The van der Waals surface area contributed by atoms with Crippen LogP contribution in [0.4, 0.5) is 5.69 Å². The van der Waals surface area contributed by atoms with Gasteiger partial charge in [0.15, 0.2) is 0 Å². The number of benzodiazepines with no additional fused rings is 1. The molecule has 1 aliphatic heterocycles. The SMILES string of the molecule is CN1C(=O)C(NC(=O)CCc2cccc(O)c2)N=C(c2ccc(C(N)=O)cc2)c2ccccc21. The number of aromatic hydroxyl groups is 1. The van der Waals surface area contributed by atoms with Crippen LogP contribution in [0.2, 0.25) is 0 Å². The summed E-state index contributed by atoms with van der Waals surface area (Å²) in [6, 6.07) is 20.7. The average molecular weight is 457 g/mol. The summed E-state index contributed by atoms with van der Waals surface area (Å²) in [6.45, 7) is 0. The Labute approximate surface area is 196 Å². The second kappa shape index (κ2) is 9.58. The summed E-state index contributed by atoms with van der Waals surface area (Å²) in [7, 11) is 1.64. The van der Waals surface area contributed by atoms with E-state index in [-0.39, 0.29) is 24.0 Å². The minimum Gasteiger partial charge on any atom is -0.508 e. The normalized spacial score (nSPS) is 15.2. The van der Waals surface area contributed by atoms with Crippen LogP contribution in [0.5, 0.6) is 5.75 Å². The minimum atomic E-state index is -1.13. The van der Waals surface area contributed by atoms with Gasteiger partial charge in [0.1, 0.15) is 5.75 Å². The van der Waals surface area contributed by atoms with Gasteiger partial charge in [-0.25, -0.2) is 4.99 Å². The lowest BCUT2D eigenvalue weighted by atomic mass is 9.99. The van der Waals surface area contributed by atoms with Gasteiger partial charge in [0.25, 0.3) is 5.91 Å². The van der Waals surface area contributed by atoms with Crippen molar-refractivity contribution < 1.29 is 19.5 Å². The molecule has 0 fully saturated rings. The van der Waals surface area contributed by atoms with Gasteiger partial charge in [0.2, 0.25) is 18.0 Å². The first-order valence-corrected chi connectivity index (χ1v) is 10.8. The molecule has 8 heteroatoms. The number of para-hydroxylation sites is 1. The predicted molar refractivity (Wildman–Crippen MR) is 129 cm³/mol. The Kier molecular flexibility index (Phi) is 6.40. The zero-order chi connectivity index (χ0) is 24.2. The quantitative estimate of drug-likeness (QED) is 0.527. The lowest BCUT2D eigenvalue weighted by Crippen LogP contribution is -2.46. The number of carbonyl (C=O) groups is 3. The van der Waals surface area contributed by atoms with E-state index in [1.165, 1.54) is 4.90 Å². The molecule has 0 saturated carbocycles. The number of benzene rings is 3. The molecule has 0 spiro atoms. The van der Waals surface area contributed by atoms with Crippen LogP contribution < -0.4 is 16.0 Å². The van der Waals surface area contributed by atoms with Crippen molar-refractivity contribution in [3.05, 3.63) is 95.1 Å². The fourth-order valence-electron chi connectivity index (χ4n) is 3.83. The van der Waals surface area contributed by atoms with Crippen LogP contribution in [0, 0.1) is 0 Å². The first kappa shape index (κ1) is 22.7. The van der Waals surface area contributed by atoms with Gasteiger partial charge < -0.3 is 21.1 Å². The molecule has 0 bridgehead atoms. The third kappa shape index (κ3) is 4.80. The smallest absolute Gasteiger partial charge is 0.272 e. The molecule has 3 aromatic carbocycles. The van der Waals surface area contributed by atoms with Gasteiger partial charge in [-0.2, -0.15) is 0 Å². The number of hydrogen-bond donors (Lipinski definition) is 3. The molecule has 3 amide bonds. The van der Waals surface area contributed by atoms with E-state index in [4.69, 9.17) is 5.73 Å². The summed E-state index contributed by atoms with van der Waals surface area (Å²) in [5.74, 6) is -1.12. The summed E-state index contributed by atoms with van der Waals surface area (Å²) in [5.41, 5.74) is 9.10. The van der Waals surface area contributed by atoms with Crippen LogP contribution in [0.15, 0.2) is 77.8 Å². The van der Waals surface area contributed by atoms with Crippen molar-refractivity contribution in [1.82, 2.24) is 5.32 Å². The largest absolute Gasteiger partial charge is 0.508 e. The van der Waals surface area contributed by atoms with Crippen LogP contribution in [-0.4, -0.2) is 41.8 Å². The number of aliphatic imine (C=N–C) groups is 1. The first-order valence-electron chi connectivity index (χ1n) is 10.8. The van der Waals surface area contributed by atoms with Gasteiger partial charge in [0, 0.05) is 30.2 Å². The molecule has 1 aliphatic rings. The molecule has 172 valence electrons. The van der Waals surface area contributed by atoms with Gasteiger partial charge in [0.05, 0.1) is 11.4 Å². The van der Waals surface area contributed by atoms with E-state index in [2.05, 4.69) is 10.3 Å². The number of anilines is 1. The maximum atomic E-state index is 13.2.